The second kappa shape index (κ2) is 6.26. The maximum Gasteiger partial charge on any atom is 0.329 e. The SMILES string of the molecule is COC(=O)C1CCC2(CC1)NC(=O)N(c1cc(Cl)cc(Cl)c1)C2=O. The lowest BCUT2D eigenvalue weighted by molar-refractivity contribution is -0.147. The minimum absolute atomic E-state index is 0.236. The number of ether oxygens (including phenoxy) is 1. The number of nitrogens with zero attached hydrogens (tertiary/aromatic N) is 1. The Kier molecular flexibility index (Phi) is 4.44. The summed E-state index contributed by atoms with van der Waals surface area (Å²) in [6.07, 6.45) is 1.76. The molecule has 1 aromatic carbocycles. The van der Waals surface area contributed by atoms with Gasteiger partial charge < -0.3 is 10.1 Å². The number of carbonyl (C=O) groups excluding carboxylic acids is 3. The number of amides is 3. The Hall–Kier alpha value is -1.79. The first-order valence-corrected chi connectivity index (χ1v) is 8.32. The fourth-order valence-electron chi connectivity index (χ4n) is 3.38. The Morgan fingerprint density at radius 1 is 1.21 bits per heavy atom. The van der Waals surface area contributed by atoms with Crippen molar-refractivity contribution in [2.75, 3.05) is 12.0 Å². The molecule has 24 heavy (non-hydrogen) atoms. The molecule has 2 aliphatic rings. The number of benzene rings is 1. The molecule has 6 nitrogen and oxygen atoms in total. The van der Waals surface area contributed by atoms with Crippen LogP contribution in [0.2, 0.25) is 10.0 Å². The fourth-order valence-corrected chi connectivity index (χ4v) is 3.89. The largest absolute Gasteiger partial charge is 0.469 e. The molecule has 0 atom stereocenters. The van der Waals surface area contributed by atoms with E-state index in [9.17, 15) is 14.4 Å². The summed E-state index contributed by atoms with van der Waals surface area (Å²) in [4.78, 5) is 38.0. The topological polar surface area (TPSA) is 75.7 Å². The predicted molar refractivity (Wildman–Crippen MR) is 89.2 cm³/mol. The zero-order valence-electron chi connectivity index (χ0n) is 13.0. The highest BCUT2D eigenvalue weighted by atomic mass is 35.5. The van der Waals surface area contributed by atoms with Gasteiger partial charge in [-0.1, -0.05) is 23.2 Å². The molecule has 3 rings (SSSR count). The van der Waals surface area contributed by atoms with Crippen LogP contribution in [0.5, 0.6) is 0 Å². The summed E-state index contributed by atoms with van der Waals surface area (Å²) in [5.74, 6) is -0.853. The highest BCUT2D eigenvalue weighted by Crippen LogP contribution is 2.39. The van der Waals surface area contributed by atoms with Crippen LogP contribution >= 0.6 is 23.2 Å². The summed E-state index contributed by atoms with van der Waals surface area (Å²) in [7, 11) is 1.35. The van der Waals surface area contributed by atoms with Gasteiger partial charge in [0.1, 0.15) is 5.54 Å². The lowest BCUT2D eigenvalue weighted by Crippen LogP contribution is -2.50. The van der Waals surface area contributed by atoms with E-state index in [1.807, 2.05) is 0 Å². The minimum Gasteiger partial charge on any atom is -0.469 e. The molecule has 1 spiro atoms. The van der Waals surface area contributed by atoms with Gasteiger partial charge in [-0.25, -0.2) is 9.69 Å². The van der Waals surface area contributed by atoms with Gasteiger partial charge in [-0.15, -0.1) is 0 Å². The van der Waals surface area contributed by atoms with Crippen molar-refractivity contribution < 1.29 is 19.1 Å². The molecule has 3 amide bonds. The molecule has 1 saturated heterocycles. The summed E-state index contributed by atoms with van der Waals surface area (Å²) in [6.45, 7) is 0. The van der Waals surface area contributed by atoms with Gasteiger partial charge >= 0.3 is 12.0 Å². The number of imide groups is 1. The number of anilines is 1. The molecule has 0 unspecified atom stereocenters. The van der Waals surface area contributed by atoms with Crippen LogP contribution < -0.4 is 10.2 Å². The van der Waals surface area contributed by atoms with Gasteiger partial charge in [0, 0.05) is 10.0 Å². The fraction of sp³-hybridized carbons (Fsp3) is 0.438. The number of hydrogen-bond acceptors (Lipinski definition) is 4. The molecule has 1 aromatic rings. The molecule has 128 valence electrons. The first-order chi connectivity index (χ1) is 11.4. The molecule has 1 heterocycles. The van der Waals surface area contributed by atoms with Crippen LogP contribution in [0, 0.1) is 5.92 Å². The van der Waals surface area contributed by atoms with Crippen molar-refractivity contribution in [3.05, 3.63) is 28.2 Å². The maximum atomic E-state index is 12.9. The van der Waals surface area contributed by atoms with Crippen molar-refractivity contribution in [2.24, 2.45) is 5.92 Å². The lowest BCUT2D eigenvalue weighted by Gasteiger charge is -2.33. The second-order valence-electron chi connectivity index (χ2n) is 6.08. The molecule has 1 aliphatic carbocycles. The third-order valence-corrected chi connectivity index (χ3v) is 5.08. The number of carbonyl (C=O) groups is 3. The van der Waals surface area contributed by atoms with E-state index in [2.05, 4.69) is 5.32 Å². The first-order valence-electron chi connectivity index (χ1n) is 7.57. The van der Waals surface area contributed by atoms with Gasteiger partial charge in [0.05, 0.1) is 18.7 Å². The van der Waals surface area contributed by atoms with Crippen molar-refractivity contribution in [1.82, 2.24) is 5.32 Å². The predicted octanol–water partition coefficient (Wildman–Crippen LogP) is 3.15. The molecule has 0 radical (unpaired) electrons. The Bertz CT molecular complexity index is 694. The molecule has 2 fully saturated rings. The Balaban J connectivity index is 1.83. The van der Waals surface area contributed by atoms with E-state index < -0.39 is 11.6 Å². The van der Waals surface area contributed by atoms with Crippen LogP contribution in [0.4, 0.5) is 10.5 Å². The van der Waals surface area contributed by atoms with Crippen LogP contribution in [-0.2, 0) is 14.3 Å². The van der Waals surface area contributed by atoms with Gasteiger partial charge in [0.25, 0.3) is 5.91 Å². The zero-order chi connectivity index (χ0) is 17.5. The molecule has 1 aliphatic heterocycles. The van der Waals surface area contributed by atoms with Crippen molar-refractivity contribution in [2.45, 2.75) is 31.2 Å². The average molecular weight is 371 g/mol. The van der Waals surface area contributed by atoms with E-state index in [4.69, 9.17) is 27.9 Å². The smallest absolute Gasteiger partial charge is 0.329 e. The number of nitrogens with one attached hydrogen (secondary N) is 1. The summed E-state index contributed by atoms with van der Waals surface area (Å²) < 4.78 is 4.75. The number of halogens is 2. The highest BCUT2D eigenvalue weighted by molar-refractivity contribution is 6.35. The van der Waals surface area contributed by atoms with E-state index in [1.165, 1.54) is 25.3 Å². The van der Waals surface area contributed by atoms with Gasteiger partial charge in [-0.2, -0.15) is 0 Å². The van der Waals surface area contributed by atoms with Crippen molar-refractivity contribution in [3.8, 4) is 0 Å². The zero-order valence-corrected chi connectivity index (χ0v) is 14.5. The average Bonchev–Trinajstić information content (AvgIpc) is 2.77. The van der Waals surface area contributed by atoms with Gasteiger partial charge in [-0.05, 0) is 43.9 Å². The summed E-state index contributed by atoms with van der Waals surface area (Å²) in [5, 5.41) is 3.47. The number of urea groups is 1. The monoisotopic (exact) mass is 370 g/mol. The van der Waals surface area contributed by atoms with Gasteiger partial charge in [0.15, 0.2) is 0 Å². The standard InChI is InChI=1S/C16H16Cl2N2O4/c1-24-13(21)9-2-4-16(5-3-9)14(22)20(15(23)19-16)12-7-10(17)6-11(18)8-12/h6-9H,2-5H2,1H3,(H,19,23). The molecule has 0 aromatic heterocycles. The van der Waals surface area contributed by atoms with Gasteiger partial charge in [-0.3, -0.25) is 9.59 Å². The quantitative estimate of drug-likeness (QED) is 0.640. The molecule has 8 heteroatoms. The van der Waals surface area contributed by atoms with E-state index >= 15 is 0 Å². The van der Waals surface area contributed by atoms with Crippen LogP contribution in [0.15, 0.2) is 18.2 Å². The maximum absolute atomic E-state index is 12.9. The molecular weight excluding hydrogens is 355 g/mol. The van der Waals surface area contributed by atoms with Crippen molar-refractivity contribution >= 4 is 46.8 Å². The number of rotatable bonds is 2. The van der Waals surface area contributed by atoms with E-state index in [-0.39, 0.29) is 17.8 Å². The molecule has 0 bridgehead atoms. The van der Waals surface area contributed by atoms with Crippen LogP contribution in [0.1, 0.15) is 25.7 Å². The Morgan fingerprint density at radius 2 is 1.79 bits per heavy atom. The van der Waals surface area contributed by atoms with E-state index in [1.54, 1.807) is 0 Å². The minimum atomic E-state index is -0.976. The highest BCUT2D eigenvalue weighted by Gasteiger charge is 2.53. The molecule has 1 N–H and O–H groups in total. The summed E-state index contributed by atoms with van der Waals surface area (Å²) >= 11 is 11.9. The number of methoxy groups -OCH3 is 1. The second-order valence-corrected chi connectivity index (χ2v) is 6.95. The van der Waals surface area contributed by atoms with E-state index in [0.29, 0.717) is 41.4 Å². The number of hydrogen-bond donors (Lipinski definition) is 1. The summed E-state index contributed by atoms with van der Waals surface area (Å²) in [6, 6.07) is 4.06. The summed E-state index contributed by atoms with van der Waals surface area (Å²) in [5.41, 5.74) is -0.641. The number of esters is 1. The Morgan fingerprint density at radius 3 is 2.33 bits per heavy atom. The molecular formula is C16H16Cl2N2O4. The third-order valence-electron chi connectivity index (χ3n) is 4.64. The molecule has 1 saturated carbocycles. The van der Waals surface area contributed by atoms with E-state index in [0.717, 1.165) is 4.90 Å². The first kappa shape index (κ1) is 17.0. The van der Waals surface area contributed by atoms with Crippen molar-refractivity contribution in [1.29, 1.82) is 0 Å². The lowest BCUT2D eigenvalue weighted by atomic mass is 9.76. The third kappa shape index (κ3) is 2.84. The van der Waals surface area contributed by atoms with Gasteiger partial charge in [0.2, 0.25) is 0 Å². The van der Waals surface area contributed by atoms with Crippen LogP contribution in [-0.4, -0.2) is 30.6 Å². The van der Waals surface area contributed by atoms with Crippen LogP contribution in [0.3, 0.4) is 0 Å². The normalized spacial score (nSPS) is 26.6. The van der Waals surface area contributed by atoms with Crippen molar-refractivity contribution in [3.63, 3.8) is 0 Å². The Labute approximate surface area is 149 Å². The van der Waals surface area contributed by atoms with Crippen LogP contribution in [0.25, 0.3) is 0 Å².